The molecule has 0 atom stereocenters. The van der Waals surface area contributed by atoms with Crippen LogP contribution in [0.4, 0.5) is 0 Å². The Bertz CT molecular complexity index is 297. The summed E-state index contributed by atoms with van der Waals surface area (Å²) in [4.78, 5) is 8.35. The van der Waals surface area contributed by atoms with Crippen LogP contribution in [0, 0.1) is 0 Å². The molecule has 16 heavy (non-hydrogen) atoms. The molecular weight excluding hydrogens is 333 g/mol. The molecule has 0 fully saturated rings. The molecular formula is H3KNaO11PS2. The molecule has 0 aliphatic rings. The van der Waals surface area contributed by atoms with Crippen LogP contribution in [0.2, 0.25) is 0 Å². The molecule has 0 aliphatic carbocycles. The second-order valence-corrected chi connectivity index (χ2v) is 3.14. The molecule has 0 heterocycles. The van der Waals surface area contributed by atoms with E-state index in [1.165, 1.54) is 0 Å². The Kier molecular flexibility index (Phi) is 30.0. The quantitative estimate of drug-likeness (QED) is 0.129. The largest absolute Gasteiger partial charge is 1.00 e. The smallest absolute Gasteiger partial charge is 0.772 e. The minimum atomic E-state index is -5.27. The summed E-state index contributed by atoms with van der Waals surface area (Å²) in [6.45, 7) is 0. The summed E-state index contributed by atoms with van der Waals surface area (Å²) in [6, 6.07) is 0. The van der Waals surface area contributed by atoms with Crippen molar-refractivity contribution in [2.24, 2.45) is 0 Å². The Labute approximate surface area is 157 Å². The van der Waals surface area contributed by atoms with Gasteiger partial charge in [0.05, 0.1) is 8.69 Å². The van der Waals surface area contributed by atoms with Crippen LogP contribution in [0.1, 0.15) is 0 Å². The molecule has 0 unspecified atom stereocenters. The van der Waals surface area contributed by atoms with Crippen molar-refractivity contribution in [1.82, 2.24) is 0 Å². The van der Waals surface area contributed by atoms with Crippen LogP contribution in [0.15, 0.2) is 0 Å². The van der Waals surface area contributed by atoms with E-state index in [-0.39, 0.29) is 86.4 Å². The Morgan fingerprint density at radius 2 is 1.38 bits per heavy atom. The van der Waals surface area contributed by atoms with E-state index >= 15 is 0 Å². The summed E-state index contributed by atoms with van der Waals surface area (Å²) in [6.07, 6.45) is 0. The maximum Gasteiger partial charge on any atom is 1.00 e. The molecule has 16 heteroatoms. The van der Waals surface area contributed by atoms with E-state index in [0.717, 1.165) is 0 Å². The minimum Gasteiger partial charge on any atom is -0.772 e. The van der Waals surface area contributed by atoms with Crippen molar-refractivity contribution in [2.45, 2.75) is 0 Å². The van der Waals surface area contributed by atoms with Gasteiger partial charge in [0.1, 0.15) is 0 Å². The molecule has 11 nitrogen and oxygen atoms in total. The molecule has 3 N–H and O–H groups in total. The van der Waals surface area contributed by atoms with Gasteiger partial charge in [-0.15, -0.1) is 0 Å². The van der Waals surface area contributed by atoms with Gasteiger partial charge in [0, 0.05) is 0 Å². The summed E-state index contributed by atoms with van der Waals surface area (Å²) < 4.78 is 68.5. The molecule has 0 aliphatic heterocycles. The fourth-order valence-electron chi connectivity index (χ4n) is 0.0691. The van der Waals surface area contributed by atoms with Gasteiger partial charge in [-0.3, -0.25) is 9.12 Å². The van der Waals surface area contributed by atoms with Gasteiger partial charge < -0.3 is 14.9 Å². The Hall–Kier alpha value is 2.40. The molecule has 0 spiro atoms. The van der Waals surface area contributed by atoms with Crippen molar-refractivity contribution in [1.29, 1.82) is 0 Å². The van der Waals surface area contributed by atoms with Gasteiger partial charge in [-0.05, 0) is 0 Å². The molecule has 88 valence electrons. The van der Waals surface area contributed by atoms with Crippen LogP contribution < -0.4 is 85.8 Å². The van der Waals surface area contributed by atoms with Gasteiger partial charge in [-0.2, -0.15) is 8.42 Å². The molecule has 0 aromatic carbocycles. The molecule has 0 saturated carbocycles. The van der Waals surface area contributed by atoms with Gasteiger partial charge in [0.2, 0.25) is 10.4 Å². The van der Waals surface area contributed by atoms with Gasteiger partial charge >= 0.3 is 91.3 Å². The third-order valence-corrected chi connectivity index (χ3v) is 0.758. The van der Waals surface area contributed by atoms with Crippen LogP contribution >= 0.6 is 8.69 Å². The average molecular weight is 336 g/mol. The second-order valence-electron chi connectivity index (χ2n) is 1.05. The molecule has 0 bridgehead atoms. The van der Waals surface area contributed by atoms with Crippen molar-refractivity contribution >= 4 is 29.5 Å². The minimum absolute atomic E-state index is 0. The third kappa shape index (κ3) is 44.0. The van der Waals surface area contributed by atoms with Crippen molar-refractivity contribution in [3.63, 3.8) is 0 Å². The van der Waals surface area contributed by atoms with E-state index in [1.807, 2.05) is 0 Å². The first kappa shape index (κ1) is 31.0. The van der Waals surface area contributed by atoms with E-state index in [4.69, 9.17) is 14.0 Å². The van der Waals surface area contributed by atoms with Crippen molar-refractivity contribution in [2.75, 3.05) is 0 Å². The predicted molar refractivity (Wildman–Crippen MR) is 34.6 cm³/mol. The first-order valence-electron chi connectivity index (χ1n) is 1.88. The number of hydrogen-bond donors (Lipinski definition) is 1. The standard InChI is InChI=1S/K.Na.H2O8S2.HO2P.H2O/c;;1-9(2,3)7-8-10(4,5)6;1-3-2;/h;;(H,1,2,3)(H,4,5,6);(H,1,2);1H2/q2*+1;;;/p-2. The van der Waals surface area contributed by atoms with Gasteiger partial charge in [0.15, 0.2) is 0 Å². The van der Waals surface area contributed by atoms with Gasteiger partial charge in [-0.25, -0.2) is 8.42 Å². The third-order valence-electron chi connectivity index (χ3n) is 0.197. The second kappa shape index (κ2) is 15.5. The average Bonchev–Trinajstić information content (AvgIpc) is 1.82. The van der Waals surface area contributed by atoms with E-state index in [0.29, 0.717) is 0 Å². The zero-order chi connectivity index (χ0) is 11.1. The maximum absolute atomic E-state index is 9.48. The Morgan fingerprint density at radius 3 is 1.44 bits per heavy atom. The fraction of sp³-hybridized carbons (Fsp3) is 0. The van der Waals surface area contributed by atoms with Crippen molar-refractivity contribution in [3.05, 3.63) is 0 Å². The summed E-state index contributed by atoms with van der Waals surface area (Å²) in [5.41, 5.74) is 0. The van der Waals surface area contributed by atoms with Crippen LogP contribution in [-0.2, 0) is 34.0 Å². The number of rotatable bonds is 3. The van der Waals surface area contributed by atoms with Crippen LogP contribution in [0.5, 0.6) is 0 Å². The van der Waals surface area contributed by atoms with Crippen LogP contribution in [-0.4, -0.2) is 31.4 Å². The zero-order valence-electron chi connectivity index (χ0n) is 7.89. The van der Waals surface area contributed by atoms with Crippen molar-refractivity contribution < 1.29 is 130 Å². The predicted octanol–water partition coefficient (Wildman–Crippen LogP) is -9.07. The monoisotopic (exact) mass is 336 g/mol. The fourth-order valence-corrected chi connectivity index (χ4v) is 0.622. The Morgan fingerprint density at radius 1 is 1.12 bits per heavy atom. The molecule has 0 amide bonds. The first-order chi connectivity index (χ1) is 5.62. The summed E-state index contributed by atoms with van der Waals surface area (Å²) in [7, 11) is -11.4. The van der Waals surface area contributed by atoms with E-state index < -0.39 is 29.5 Å². The maximum atomic E-state index is 9.48. The van der Waals surface area contributed by atoms with Gasteiger partial charge in [0.25, 0.3) is 0 Å². The SMILES string of the molecule is O.O=P[O-].O=S(=O)([O-])OOS(=O)(=O)O.[K+].[Na+]. The Balaban J connectivity index is -0.0000000606. The molecule has 0 saturated heterocycles. The molecule has 0 rings (SSSR count). The summed E-state index contributed by atoms with van der Waals surface area (Å²) in [5, 5.41) is 0. The molecule has 0 aromatic rings. The zero-order valence-corrected chi connectivity index (χ0v) is 15.5. The molecule has 0 aromatic heterocycles. The van der Waals surface area contributed by atoms with Crippen LogP contribution in [0.25, 0.3) is 0 Å². The van der Waals surface area contributed by atoms with E-state index in [1.54, 1.807) is 0 Å². The molecule has 0 radical (unpaired) electrons. The van der Waals surface area contributed by atoms with E-state index in [9.17, 15) is 21.4 Å². The summed E-state index contributed by atoms with van der Waals surface area (Å²) >= 11 is 0. The van der Waals surface area contributed by atoms with Crippen molar-refractivity contribution in [3.8, 4) is 0 Å². The number of hydrogen-bond acceptors (Lipinski definition) is 9. The first-order valence-corrected chi connectivity index (χ1v) is 5.31. The van der Waals surface area contributed by atoms with E-state index in [2.05, 4.69) is 8.67 Å². The normalized spacial score (nSPS) is 9.69. The topological polar surface area (TPSA) is 202 Å². The van der Waals surface area contributed by atoms with Crippen LogP contribution in [0.3, 0.4) is 0 Å². The van der Waals surface area contributed by atoms with Gasteiger partial charge in [-0.1, -0.05) is 8.67 Å². The summed E-state index contributed by atoms with van der Waals surface area (Å²) in [5.74, 6) is 0.